The van der Waals surface area contributed by atoms with Crippen molar-refractivity contribution in [3.63, 3.8) is 0 Å². The number of rotatable bonds is 6. The third-order valence-corrected chi connectivity index (χ3v) is 17.5. The van der Waals surface area contributed by atoms with Crippen LogP contribution in [0.3, 0.4) is 0 Å². The van der Waals surface area contributed by atoms with Crippen LogP contribution in [-0.2, 0) is 10.8 Å². The topological polar surface area (TPSA) is 21.3 Å². The molecule has 0 radical (unpaired) electrons. The van der Waals surface area contributed by atoms with Crippen LogP contribution in [0.15, 0.2) is 283 Å². The minimum atomic E-state index is -0.616. The molecule has 0 unspecified atom stereocenters. The largest absolute Gasteiger partial charge is 0.456 e. The highest BCUT2D eigenvalue weighted by atomic mass is 16.3. The van der Waals surface area contributed by atoms with Crippen molar-refractivity contribution in [3.05, 3.63) is 324 Å². The molecule has 12 aromatic carbocycles. The lowest BCUT2D eigenvalue weighted by molar-refractivity contribution is 0.669. The van der Waals surface area contributed by atoms with Gasteiger partial charge in [0.05, 0.1) is 33.2 Å². The summed E-state index contributed by atoms with van der Waals surface area (Å²) in [5.41, 5.74) is 25.1. The van der Waals surface area contributed by atoms with E-state index in [0.29, 0.717) is 0 Å². The normalized spacial score (nSPS) is 13.9. The molecule has 3 aliphatic rings. The van der Waals surface area contributed by atoms with E-state index in [9.17, 15) is 0 Å². The van der Waals surface area contributed by atoms with E-state index in [2.05, 4.69) is 276 Å². The first-order valence-electron chi connectivity index (χ1n) is 26.7. The Hall–Kier alpha value is -9.96. The molecule has 0 saturated heterocycles. The fraction of sp³-hybridized carbons (Fsp3) is 0.0270. The number of aromatic nitrogens is 1. The molecule has 14 aromatic rings. The maximum Gasteiger partial charge on any atom is 0.135 e. The van der Waals surface area contributed by atoms with Gasteiger partial charge in [-0.3, -0.25) is 0 Å². The molecule has 3 heterocycles. The minimum absolute atomic E-state index is 0.572. The summed E-state index contributed by atoms with van der Waals surface area (Å²) in [6, 6.07) is 104. The van der Waals surface area contributed by atoms with E-state index in [4.69, 9.17) is 4.42 Å². The van der Waals surface area contributed by atoms with Crippen molar-refractivity contribution in [2.75, 3.05) is 4.90 Å². The van der Waals surface area contributed by atoms with Crippen LogP contribution < -0.4 is 4.90 Å². The Bertz CT molecular complexity index is 4670. The summed E-state index contributed by atoms with van der Waals surface area (Å²) in [7, 11) is 0. The van der Waals surface area contributed by atoms with E-state index < -0.39 is 10.8 Å². The van der Waals surface area contributed by atoms with Crippen LogP contribution in [0, 0.1) is 0 Å². The number of hydrogen-bond acceptors (Lipinski definition) is 2. The maximum absolute atomic E-state index is 6.28. The molecule has 358 valence electrons. The average Bonchev–Trinajstić information content (AvgIpc) is 4.31. The first-order valence-corrected chi connectivity index (χ1v) is 26.7. The van der Waals surface area contributed by atoms with Gasteiger partial charge < -0.3 is 13.9 Å². The van der Waals surface area contributed by atoms with Crippen LogP contribution >= 0.6 is 0 Å². The number of benzene rings is 12. The molecule has 0 bridgehead atoms. The molecule has 0 saturated carbocycles. The van der Waals surface area contributed by atoms with Gasteiger partial charge in [0.1, 0.15) is 11.2 Å². The molecule has 2 aromatic heterocycles. The lowest BCUT2D eigenvalue weighted by Crippen LogP contribution is -2.33. The van der Waals surface area contributed by atoms with Gasteiger partial charge in [-0.1, -0.05) is 218 Å². The number of para-hydroxylation sites is 3. The Morgan fingerprint density at radius 1 is 0.325 bits per heavy atom. The third-order valence-electron chi connectivity index (χ3n) is 17.5. The quantitative estimate of drug-likeness (QED) is 0.166. The average molecular weight is 979 g/mol. The number of hydrogen-bond donors (Lipinski definition) is 0. The minimum Gasteiger partial charge on any atom is -0.456 e. The highest BCUT2D eigenvalue weighted by molar-refractivity contribution is 6.13. The first-order chi connectivity index (χ1) is 38.2. The van der Waals surface area contributed by atoms with Crippen LogP contribution in [0.4, 0.5) is 17.1 Å². The van der Waals surface area contributed by atoms with Crippen molar-refractivity contribution < 1.29 is 4.42 Å². The van der Waals surface area contributed by atoms with Crippen molar-refractivity contribution in [3.8, 4) is 39.1 Å². The molecule has 3 nitrogen and oxygen atoms in total. The lowest BCUT2D eigenvalue weighted by Gasteiger charge is -2.40. The van der Waals surface area contributed by atoms with E-state index in [1.54, 1.807) is 0 Å². The molecule has 17 rings (SSSR count). The van der Waals surface area contributed by atoms with Crippen molar-refractivity contribution in [2.24, 2.45) is 0 Å². The van der Waals surface area contributed by atoms with Crippen molar-refractivity contribution in [1.82, 2.24) is 4.57 Å². The monoisotopic (exact) mass is 978 g/mol. The SMILES string of the molecule is c1ccc(C2(c3ccccc3)c3ccccc3-c3c(N(c4ccc(-c5ccc6oc7ccccc7c6c5)cc4)c4ccc5c(c4)C4(c6ccccc6-c6ccccc64)c4cccc6c7ccccc7n-5c46)cccc32)cc1. The molecule has 1 aliphatic heterocycles. The molecule has 3 heteroatoms. The summed E-state index contributed by atoms with van der Waals surface area (Å²) < 4.78 is 8.83. The van der Waals surface area contributed by atoms with Gasteiger partial charge in [0.15, 0.2) is 0 Å². The fourth-order valence-electron chi connectivity index (χ4n) is 14.5. The molecule has 0 amide bonds. The molecule has 0 atom stereocenters. The van der Waals surface area contributed by atoms with Crippen LogP contribution in [0.1, 0.15) is 44.5 Å². The Morgan fingerprint density at radius 3 is 1.61 bits per heavy atom. The van der Waals surface area contributed by atoms with E-state index in [1.807, 2.05) is 12.1 Å². The third kappa shape index (κ3) is 5.54. The van der Waals surface area contributed by atoms with Gasteiger partial charge in [0, 0.05) is 38.5 Å². The standard InChI is InChI=1S/C74H46N2O/c1-3-19-49(20-4-1)73(50-21-5-2-6-22-50)62-31-14-9-27-58(62)71-63(73)32-18-35-68(71)75(51-40-37-47(38-41-51)48-39-44-70-59(45-48)56-26-11-16-36-69(56)77-70)52-42-43-67-65(46-52)74(60-29-12-7-23-53(60)54-24-8-13-30-61(54)74)64-33-17-28-57-55-25-10-15-34-66(55)76(67)72(57)64/h1-46H. The van der Waals surface area contributed by atoms with E-state index in [1.165, 1.54) is 94.3 Å². The molecular weight excluding hydrogens is 933 g/mol. The lowest BCUT2D eigenvalue weighted by atomic mass is 9.65. The van der Waals surface area contributed by atoms with Gasteiger partial charge in [0.2, 0.25) is 0 Å². The summed E-state index contributed by atoms with van der Waals surface area (Å²) in [5.74, 6) is 0. The van der Waals surface area contributed by atoms with E-state index in [0.717, 1.165) is 50.1 Å². The second-order valence-corrected chi connectivity index (χ2v) is 21.0. The zero-order chi connectivity index (χ0) is 50.4. The summed E-state index contributed by atoms with van der Waals surface area (Å²) in [6.45, 7) is 0. The van der Waals surface area contributed by atoms with E-state index in [-0.39, 0.29) is 0 Å². The molecule has 0 N–H and O–H groups in total. The number of anilines is 3. The predicted molar refractivity (Wildman–Crippen MR) is 316 cm³/mol. The molecule has 2 aliphatic carbocycles. The fourth-order valence-corrected chi connectivity index (χ4v) is 14.5. The highest BCUT2D eigenvalue weighted by Gasteiger charge is 2.52. The summed E-state index contributed by atoms with van der Waals surface area (Å²) in [4.78, 5) is 2.54. The maximum atomic E-state index is 6.28. The van der Waals surface area contributed by atoms with Gasteiger partial charge in [0.25, 0.3) is 0 Å². The molecule has 77 heavy (non-hydrogen) atoms. The zero-order valence-electron chi connectivity index (χ0n) is 41.9. The Morgan fingerprint density at radius 2 is 0.870 bits per heavy atom. The van der Waals surface area contributed by atoms with Gasteiger partial charge in [-0.2, -0.15) is 0 Å². The van der Waals surface area contributed by atoms with Gasteiger partial charge in [-0.05, 0) is 133 Å². The summed E-state index contributed by atoms with van der Waals surface area (Å²) in [5, 5.41) is 4.78. The predicted octanol–water partition coefficient (Wildman–Crippen LogP) is 18.9. The Balaban J connectivity index is 0.959. The van der Waals surface area contributed by atoms with Crippen molar-refractivity contribution in [1.29, 1.82) is 0 Å². The van der Waals surface area contributed by atoms with Crippen molar-refractivity contribution in [2.45, 2.75) is 10.8 Å². The van der Waals surface area contributed by atoms with Gasteiger partial charge in [-0.25, -0.2) is 0 Å². The molecular formula is C74H46N2O. The van der Waals surface area contributed by atoms with Crippen LogP contribution in [-0.4, -0.2) is 4.57 Å². The molecule has 1 spiro atoms. The Kier molecular flexibility index (Phi) is 8.69. The number of fused-ring (bicyclic) bond motifs is 18. The summed E-state index contributed by atoms with van der Waals surface area (Å²) >= 11 is 0. The number of nitrogens with zero attached hydrogens (tertiary/aromatic N) is 2. The Labute approximate surface area is 445 Å². The zero-order valence-corrected chi connectivity index (χ0v) is 41.9. The van der Waals surface area contributed by atoms with Crippen molar-refractivity contribution >= 4 is 60.8 Å². The van der Waals surface area contributed by atoms with Crippen LogP contribution in [0.25, 0.3) is 82.8 Å². The first kappa shape index (κ1) is 42.4. The smallest absolute Gasteiger partial charge is 0.135 e. The second kappa shape index (κ2) is 15.8. The van der Waals surface area contributed by atoms with Crippen LogP contribution in [0.2, 0.25) is 0 Å². The van der Waals surface area contributed by atoms with Crippen LogP contribution in [0.5, 0.6) is 0 Å². The second-order valence-electron chi connectivity index (χ2n) is 21.0. The highest BCUT2D eigenvalue weighted by Crippen LogP contribution is 2.63. The van der Waals surface area contributed by atoms with E-state index >= 15 is 0 Å². The summed E-state index contributed by atoms with van der Waals surface area (Å²) in [6.07, 6.45) is 0. The van der Waals surface area contributed by atoms with Gasteiger partial charge in [-0.15, -0.1) is 0 Å². The van der Waals surface area contributed by atoms with Gasteiger partial charge >= 0.3 is 0 Å². The number of furan rings is 1. The molecule has 0 fully saturated rings.